The number of hydrogen-bond acceptors (Lipinski definition) is 4. The molecule has 2 aromatic rings. The molecule has 1 aromatic carbocycles. The van der Waals surface area contributed by atoms with Crippen LogP contribution in [0, 0.1) is 0 Å². The second kappa shape index (κ2) is 6.76. The first-order valence-electron chi connectivity index (χ1n) is 6.04. The van der Waals surface area contributed by atoms with Crippen molar-refractivity contribution in [1.29, 1.82) is 0 Å². The van der Waals surface area contributed by atoms with Crippen LogP contribution in [0.25, 0.3) is 5.69 Å². The van der Waals surface area contributed by atoms with E-state index in [4.69, 9.17) is 22.1 Å². The van der Waals surface area contributed by atoms with Crippen molar-refractivity contribution in [3.8, 4) is 11.6 Å². The van der Waals surface area contributed by atoms with Crippen LogP contribution in [0.2, 0.25) is 5.02 Å². The molecule has 0 radical (unpaired) electrons. The van der Waals surface area contributed by atoms with E-state index in [0.29, 0.717) is 0 Å². The summed E-state index contributed by atoms with van der Waals surface area (Å²) in [6, 6.07) is 9.32. The number of aromatic nitrogens is 2. The van der Waals surface area contributed by atoms with Crippen molar-refractivity contribution in [2.24, 2.45) is 5.73 Å². The summed E-state index contributed by atoms with van der Waals surface area (Å²) < 4.78 is 6.75. The summed E-state index contributed by atoms with van der Waals surface area (Å²) in [5.41, 5.74) is 5.72. The first kappa shape index (κ1) is 14.9. The third-order valence-corrected chi connectivity index (χ3v) is 2.72. The molecular formula is C13H13ClN4O3. The van der Waals surface area contributed by atoms with Gasteiger partial charge in [-0.15, -0.1) is 5.10 Å². The van der Waals surface area contributed by atoms with Gasteiger partial charge in [0.25, 0.3) is 11.8 Å². The van der Waals surface area contributed by atoms with Crippen molar-refractivity contribution in [1.82, 2.24) is 15.1 Å². The molecule has 0 aliphatic carbocycles. The molecule has 1 aromatic heterocycles. The Morgan fingerprint density at radius 3 is 2.71 bits per heavy atom. The van der Waals surface area contributed by atoms with Crippen molar-refractivity contribution >= 4 is 23.4 Å². The Kier molecular flexibility index (Phi) is 4.78. The average molecular weight is 309 g/mol. The van der Waals surface area contributed by atoms with Gasteiger partial charge in [0.05, 0.1) is 18.4 Å². The third-order valence-electron chi connectivity index (χ3n) is 2.46. The van der Waals surface area contributed by atoms with E-state index in [-0.39, 0.29) is 24.1 Å². The van der Waals surface area contributed by atoms with E-state index in [1.807, 2.05) is 30.3 Å². The number of amides is 2. The highest BCUT2D eigenvalue weighted by Gasteiger charge is 2.11. The number of carbonyl (C=O) groups is 2. The first-order valence-corrected chi connectivity index (χ1v) is 6.42. The molecule has 0 saturated heterocycles. The maximum absolute atomic E-state index is 11.4. The number of hydrogen-bond donors (Lipinski definition) is 2. The number of ether oxygens (including phenoxy) is 1. The Bertz CT molecular complexity index is 642. The largest absolute Gasteiger partial charge is 0.465 e. The maximum atomic E-state index is 11.4. The highest BCUT2D eigenvalue weighted by Crippen LogP contribution is 2.23. The van der Waals surface area contributed by atoms with E-state index in [1.54, 1.807) is 10.9 Å². The number of rotatable bonds is 6. The average Bonchev–Trinajstić information content (AvgIpc) is 2.85. The molecule has 0 fully saturated rings. The zero-order valence-corrected chi connectivity index (χ0v) is 11.7. The van der Waals surface area contributed by atoms with Crippen LogP contribution in [0.1, 0.15) is 0 Å². The third kappa shape index (κ3) is 4.22. The van der Waals surface area contributed by atoms with E-state index in [2.05, 4.69) is 10.4 Å². The molecule has 2 rings (SSSR count). The van der Waals surface area contributed by atoms with E-state index in [0.717, 1.165) is 5.69 Å². The van der Waals surface area contributed by atoms with Gasteiger partial charge in [0.1, 0.15) is 5.02 Å². The van der Waals surface area contributed by atoms with Gasteiger partial charge in [-0.05, 0) is 12.1 Å². The van der Waals surface area contributed by atoms with Gasteiger partial charge < -0.3 is 15.8 Å². The molecule has 0 spiro atoms. The molecule has 0 aliphatic heterocycles. The highest BCUT2D eigenvalue weighted by molar-refractivity contribution is 6.31. The van der Waals surface area contributed by atoms with Crippen LogP contribution in [-0.2, 0) is 9.59 Å². The monoisotopic (exact) mass is 308 g/mol. The number of nitrogens with one attached hydrogen (secondary N) is 1. The SMILES string of the molecule is NC(=O)CNC(=O)COc1nn(-c2ccccc2)cc1Cl. The van der Waals surface area contributed by atoms with Crippen molar-refractivity contribution in [2.75, 3.05) is 13.2 Å². The van der Waals surface area contributed by atoms with E-state index < -0.39 is 11.8 Å². The normalized spacial score (nSPS) is 10.1. The Hall–Kier alpha value is -2.54. The number of carbonyl (C=O) groups excluding carboxylic acids is 2. The lowest BCUT2D eigenvalue weighted by atomic mass is 10.3. The fourth-order valence-electron chi connectivity index (χ4n) is 1.52. The molecule has 1 heterocycles. The van der Waals surface area contributed by atoms with Crippen LogP contribution in [0.4, 0.5) is 0 Å². The zero-order valence-electron chi connectivity index (χ0n) is 11.0. The van der Waals surface area contributed by atoms with Crippen molar-refractivity contribution in [3.05, 3.63) is 41.6 Å². The van der Waals surface area contributed by atoms with Gasteiger partial charge >= 0.3 is 0 Å². The number of halogens is 1. The molecule has 7 nitrogen and oxygen atoms in total. The predicted octanol–water partition coefficient (Wildman–Crippen LogP) is 0.506. The summed E-state index contributed by atoms with van der Waals surface area (Å²) in [5, 5.41) is 6.71. The molecule has 8 heteroatoms. The lowest BCUT2D eigenvalue weighted by Crippen LogP contribution is -2.36. The van der Waals surface area contributed by atoms with Crippen molar-refractivity contribution in [2.45, 2.75) is 0 Å². The quantitative estimate of drug-likeness (QED) is 0.812. The number of benzene rings is 1. The topological polar surface area (TPSA) is 99.2 Å². The summed E-state index contributed by atoms with van der Waals surface area (Å²) in [4.78, 5) is 21.9. The summed E-state index contributed by atoms with van der Waals surface area (Å²) in [7, 11) is 0. The van der Waals surface area contributed by atoms with Crippen LogP contribution in [0.3, 0.4) is 0 Å². The van der Waals surface area contributed by atoms with E-state index in [1.165, 1.54) is 0 Å². The minimum atomic E-state index is -0.630. The first-order chi connectivity index (χ1) is 10.1. The van der Waals surface area contributed by atoms with Gasteiger partial charge in [-0.2, -0.15) is 0 Å². The minimum absolute atomic E-state index is 0.134. The Morgan fingerprint density at radius 2 is 2.05 bits per heavy atom. The molecule has 3 N–H and O–H groups in total. The van der Waals surface area contributed by atoms with Gasteiger partial charge in [-0.3, -0.25) is 9.59 Å². The second-order valence-electron chi connectivity index (χ2n) is 4.09. The fourth-order valence-corrected chi connectivity index (χ4v) is 1.70. The Labute approximate surface area is 125 Å². The lowest BCUT2D eigenvalue weighted by Gasteiger charge is -2.04. The molecule has 2 amide bonds. The maximum Gasteiger partial charge on any atom is 0.258 e. The Morgan fingerprint density at radius 1 is 1.33 bits per heavy atom. The van der Waals surface area contributed by atoms with Crippen molar-refractivity contribution in [3.63, 3.8) is 0 Å². The van der Waals surface area contributed by atoms with Crippen LogP contribution in [-0.4, -0.2) is 34.7 Å². The molecule has 21 heavy (non-hydrogen) atoms. The van der Waals surface area contributed by atoms with Gasteiger partial charge in [0, 0.05) is 0 Å². The van der Waals surface area contributed by atoms with E-state index >= 15 is 0 Å². The summed E-state index contributed by atoms with van der Waals surface area (Å²) in [6.07, 6.45) is 1.58. The van der Waals surface area contributed by atoms with Crippen LogP contribution < -0.4 is 15.8 Å². The number of nitrogens with two attached hydrogens (primary N) is 1. The lowest BCUT2D eigenvalue weighted by molar-refractivity contribution is -0.126. The van der Waals surface area contributed by atoms with Crippen LogP contribution in [0.5, 0.6) is 5.88 Å². The molecule has 0 unspecified atom stereocenters. The fraction of sp³-hybridized carbons (Fsp3) is 0.154. The summed E-state index contributed by atoms with van der Waals surface area (Å²) in [6.45, 7) is -0.548. The van der Waals surface area contributed by atoms with Gasteiger partial charge in [-0.25, -0.2) is 4.68 Å². The molecule has 0 aliphatic rings. The number of para-hydroxylation sites is 1. The molecule has 110 valence electrons. The second-order valence-corrected chi connectivity index (χ2v) is 4.50. The van der Waals surface area contributed by atoms with Gasteiger partial charge in [0.15, 0.2) is 6.61 Å². The zero-order chi connectivity index (χ0) is 15.2. The number of primary amides is 1. The smallest absolute Gasteiger partial charge is 0.258 e. The van der Waals surface area contributed by atoms with Crippen LogP contribution in [0.15, 0.2) is 36.5 Å². The van der Waals surface area contributed by atoms with Crippen LogP contribution >= 0.6 is 11.6 Å². The number of nitrogens with zero attached hydrogens (tertiary/aromatic N) is 2. The molecule has 0 atom stereocenters. The van der Waals surface area contributed by atoms with Gasteiger partial charge in [-0.1, -0.05) is 29.8 Å². The Balaban J connectivity index is 1.97. The molecule has 0 saturated carbocycles. The standard InChI is InChI=1S/C13H13ClN4O3/c14-10-7-18(9-4-2-1-3-5-9)17-13(10)21-8-12(20)16-6-11(15)19/h1-5,7H,6,8H2,(H2,15,19)(H,16,20). The molecule has 0 bridgehead atoms. The molecular weight excluding hydrogens is 296 g/mol. The van der Waals surface area contributed by atoms with Crippen molar-refractivity contribution < 1.29 is 14.3 Å². The van der Waals surface area contributed by atoms with E-state index in [9.17, 15) is 9.59 Å². The van der Waals surface area contributed by atoms with Gasteiger partial charge in [0.2, 0.25) is 5.91 Å². The summed E-state index contributed by atoms with van der Waals surface area (Å²) in [5.74, 6) is -0.983. The highest BCUT2D eigenvalue weighted by atomic mass is 35.5. The predicted molar refractivity (Wildman–Crippen MR) is 76.3 cm³/mol. The summed E-state index contributed by atoms with van der Waals surface area (Å²) >= 11 is 5.99. The minimum Gasteiger partial charge on any atom is -0.465 e.